The van der Waals surface area contributed by atoms with Gasteiger partial charge in [0.1, 0.15) is 11.4 Å². The summed E-state index contributed by atoms with van der Waals surface area (Å²) in [6.07, 6.45) is 3.48. The van der Waals surface area contributed by atoms with Crippen LogP contribution in [0.25, 0.3) is 0 Å². The van der Waals surface area contributed by atoms with Gasteiger partial charge in [-0.05, 0) is 12.1 Å². The maximum Gasteiger partial charge on any atom is 0.267 e. The molecule has 0 unspecified atom stereocenters. The highest BCUT2D eigenvalue weighted by molar-refractivity contribution is 6.05. The number of amides is 1. The van der Waals surface area contributed by atoms with Gasteiger partial charge in [-0.3, -0.25) is 9.78 Å². The number of rotatable bonds is 1. The lowest BCUT2D eigenvalue weighted by atomic mass is 10.2. The van der Waals surface area contributed by atoms with Gasteiger partial charge in [-0.25, -0.2) is 4.99 Å². The molecule has 3 heterocycles. The molecule has 0 atom stereocenters. The van der Waals surface area contributed by atoms with E-state index in [4.69, 9.17) is 5.73 Å². The number of pyridine rings is 1. The topological polar surface area (TPSA) is 71.6 Å². The van der Waals surface area contributed by atoms with Gasteiger partial charge in [0.15, 0.2) is 5.84 Å². The molecule has 5 heteroatoms. The van der Waals surface area contributed by atoms with Gasteiger partial charge in [-0.1, -0.05) is 6.07 Å². The number of nitrogens with two attached hydrogens (primary N) is 1. The molecule has 2 aliphatic heterocycles. The van der Waals surface area contributed by atoms with Gasteiger partial charge < -0.3 is 10.6 Å². The molecule has 0 aromatic carbocycles. The van der Waals surface area contributed by atoms with E-state index in [9.17, 15) is 4.79 Å². The standard InChI is InChI=1S/C11H10N4O/c12-10(16)8-3-5-15-6-7-2-1-4-13-9(7)11(15)14-8/h1-4H,5-6H2,(H2,12,16). The van der Waals surface area contributed by atoms with E-state index in [-0.39, 0.29) is 0 Å². The zero-order valence-electron chi connectivity index (χ0n) is 8.55. The molecule has 0 spiro atoms. The highest BCUT2D eigenvalue weighted by atomic mass is 16.1. The van der Waals surface area contributed by atoms with Crippen molar-refractivity contribution in [3.8, 4) is 0 Å². The van der Waals surface area contributed by atoms with Crippen molar-refractivity contribution < 1.29 is 4.79 Å². The summed E-state index contributed by atoms with van der Waals surface area (Å²) in [7, 11) is 0. The predicted octanol–water partition coefficient (Wildman–Crippen LogP) is 0.0266. The van der Waals surface area contributed by atoms with Crippen molar-refractivity contribution in [2.45, 2.75) is 6.54 Å². The van der Waals surface area contributed by atoms with Gasteiger partial charge in [0, 0.05) is 24.8 Å². The smallest absolute Gasteiger partial charge is 0.267 e. The van der Waals surface area contributed by atoms with Crippen molar-refractivity contribution in [2.75, 3.05) is 6.54 Å². The molecule has 0 radical (unpaired) electrons. The monoisotopic (exact) mass is 214 g/mol. The Morgan fingerprint density at radius 1 is 1.50 bits per heavy atom. The fourth-order valence-electron chi connectivity index (χ4n) is 1.98. The number of aliphatic imine (C=N–C) groups is 1. The molecular formula is C11H10N4O. The SMILES string of the molecule is NC(=O)C1=CCN2Cc3cccnc3C2=N1. The largest absolute Gasteiger partial charge is 0.364 e. The van der Waals surface area contributed by atoms with Gasteiger partial charge in [0.2, 0.25) is 0 Å². The summed E-state index contributed by atoms with van der Waals surface area (Å²) in [6.45, 7) is 1.46. The number of aromatic nitrogens is 1. The van der Waals surface area contributed by atoms with Crippen molar-refractivity contribution in [2.24, 2.45) is 10.7 Å². The van der Waals surface area contributed by atoms with Gasteiger partial charge in [0.05, 0.1) is 0 Å². The number of nitrogens with zero attached hydrogens (tertiary/aromatic N) is 3. The van der Waals surface area contributed by atoms with E-state index in [1.807, 2.05) is 12.1 Å². The molecule has 0 aliphatic carbocycles. The summed E-state index contributed by atoms with van der Waals surface area (Å²) < 4.78 is 0. The van der Waals surface area contributed by atoms with Gasteiger partial charge in [-0.2, -0.15) is 0 Å². The predicted molar refractivity (Wildman–Crippen MR) is 58.5 cm³/mol. The number of carbonyl (C=O) groups excluding carboxylic acids is 1. The molecule has 0 saturated carbocycles. The van der Waals surface area contributed by atoms with E-state index in [1.165, 1.54) is 0 Å². The molecular weight excluding hydrogens is 204 g/mol. The molecule has 80 valence electrons. The third kappa shape index (κ3) is 1.21. The summed E-state index contributed by atoms with van der Waals surface area (Å²) in [6, 6.07) is 3.92. The highest BCUT2D eigenvalue weighted by Crippen LogP contribution is 2.24. The molecule has 2 aliphatic rings. The normalized spacial score (nSPS) is 17.4. The molecule has 0 saturated heterocycles. The van der Waals surface area contributed by atoms with E-state index < -0.39 is 5.91 Å². The zero-order valence-corrected chi connectivity index (χ0v) is 8.55. The fraction of sp³-hybridized carbons (Fsp3) is 0.182. The van der Waals surface area contributed by atoms with Crippen LogP contribution in [-0.2, 0) is 11.3 Å². The molecule has 5 nitrogen and oxygen atoms in total. The van der Waals surface area contributed by atoms with E-state index in [2.05, 4.69) is 14.9 Å². The molecule has 1 amide bonds. The first-order chi connectivity index (χ1) is 7.75. The number of hydrogen-bond donors (Lipinski definition) is 1. The van der Waals surface area contributed by atoms with Crippen molar-refractivity contribution in [1.29, 1.82) is 0 Å². The minimum atomic E-state index is -0.489. The third-order valence-corrected chi connectivity index (χ3v) is 2.75. The van der Waals surface area contributed by atoms with Crippen LogP contribution in [0, 0.1) is 0 Å². The average Bonchev–Trinajstić information content (AvgIpc) is 2.66. The van der Waals surface area contributed by atoms with Gasteiger partial charge in [-0.15, -0.1) is 0 Å². The first-order valence-corrected chi connectivity index (χ1v) is 5.03. The maximum atomic E-state index is 11.1. The number of fused-ring (bicyclic) bond motifs is 3. The Labute approximate surface area is 92.3 Å². The molecule has 0 bridgehead atoms. The fourth-order valence-corrected chi connectivity index (χ4v) is 1.98. The Morgan fingerprint density at radius 3 is 3.19 bits per heavy atom. The molecule has 1 aromatic heterocycles. The quantitative estimate of drug-likeness (QED) is 0.716. The van der Waals surface area contributed by atoms with E-state index in [0.717, 1.165) is 23.6 Å². The van der Waals surface area contributed by atoms with Crippen LogP contribution < -0.4 is 5.73 Å². The Bertz CT molecular complexity index is 533. The lowest BCUT2D eigenvalue weighted by Crippen LogP contribution is -2.30. The molecule has 0 fully saturated rings. The second-order valence-electron chi connectivity index (χ2n) is 3.78. The molecule has 2 N–H and O–H groups in total. The minimum Gasteiger partial charge on any atom is -0.364 e. The number of carbonyl (C=O) groups is 1. The second kappa shape index (κ2) is 3.16. The summed E-state index contributed by atoms with van der Waals surface area (Å²) in [5, 5.41) is 0. The number of primary amides is 1. The van der Waals surface area contributed by atoms with E-state index >= 15 is 0 Å². The van der Waals surface area contributed by atoms with Crippen molar-refractivity contribution in [1.82, 2.24) is 9.88 Å². The van der Waals surface area contributed by atoms with Crippen molar-refractivity contribution in [3.05, 3.63) is 41.4 Å². The second-order valence-corrected chi connectivity index (χ2v) is 3.78. The third-order valence-electron chi connectivity index (χ3n) is 2.75. The maximum absolute atomic E-state index is 11.1. The highest BCUT2D eigenvalue weighted by Gasteiger charge is 2.28. The van der Waals surface area contributed by atoms with E-state index in [1.54, 1.807) is 12.3 Å². The van der Waals surface area contributed by atoms with Crippen LogP contribution in [0.5, 0.6) is 0 Å². The Balaban J connectivity index is 2.09. The van der Waals surface area contributed by atoms with Crippen LogP contribution in [0.2, 0.25) is 0 Å². The minimum absolute atomic E-state index is 0.324. The van der Waals surface area contributed by atoms with Crippen molar-refractivity contribution in [3.63, 3.8) is 0 Å². The number of hydrogen-bond acceptors (Lipinski definition) is 4. The van der Waals surface area contributed by atoms with Crippen LogP contribution in [0.1, 0.15) is 11.3 Å². The zero-order chi connectivity index (χ0) is 11.1. The van der Waals surface area contributed by atoms with Gasteiger partial charge in [0.25, 0.3) is 5.91 Å². The lowest BCUT2D eigenvalue weighted by Gasteiger charge is -2.20. The Hall–Kier alpha value is -2.17. The lowest BCUT2D eigenvalue weighted by molar-refractivity contribution is -0.114. The van der Waals surface area contributed by atoms with Crippen LogP contribution in [0.4, 0.5) is 0 Å². The van der Waals surface area contributed by atoms with E-state index in [0.29, 0.717) is 12.2 Å². The molecule has 1 aromatic rings. The summed E-state index contributed by atoms with van der Waals surface area (Å²) in [5.74, 6) is 0.267. The first-order valence-electron chi connectivity index (χ1n) is 5.03. The summed E-state index contributed by atoms with van der Waals surface area (Å²) in [5.41, 5.74) is 7.54. The molecule has 3 rings (SSSR count). The Kier molecular flexibility index (Phi) is 1.80. The van der Waals surface area contributed by atoms with Crippen LogP contribution in [-0.4, -0.2) is 28.2 Å². The van der Waals surface area contributed by atoms with Gasteiger partial charge >= 0.3 is 0 Å². The summed E-state index contributed by atoms with van der Waals surface area (Å²) in [4.78, 5) is 21.7. The van der Waals surface area contributed by atoms with Crippen LogP contribution >= 0.6 is 0 Å². The number of amidine groups is 1. The van der Waals surface area contributed by atoms with Crippen molar-refractivity contribution >= 4 is 11.7 Å². The average molecular weight is 214 g/mol. The molecule has 16 heavy (non-hydrogen) atoms. The van der Waals surface area contributed by atoms with Crippen LogP contribution in [0.15, 0.2) is 35.1 Å². The van der Waals surface area contributed by atoms with Crippen LogP contribution in [0.3, 0.4) is 0 Å². The Morgan fingerprint density at radius 2 is 2.38 bits per heavy atom. The first kappa shape index (κ1) is 9.08. The summed E-state index contributed by atoms with van der Waals surface area (Å²) >= 11 is 0.